The molecule has 0 radical (unpaired) electrons. The Morgan fingerprint density at radius 3 is 2.65 bits per heavy atom. The zero-order valence-electron chi connectivity index (χ0n) is 10.4. The smallest absolute Gasteiger partial charge is 0.292 e. The Morgan fingerprint density at radius 2 is 2.18 bits per heavy atom. The first-order valence-electron chi connectivity index (χ1n) is 5.56. The number of aryl methyl sites for hydroxylation is 1. The van der Waals surface area contributed by atoms with Crippen molar-refractivity contribution in [2.75, 3.05) is 11.9 Å². The summed E-state index contributed by atoms with van der Waals surface area (Å²) < 4.78 is 0. The standard InChI is InChI=1S/C12H18N2O3/c1-4-12(3,8-15)13-10-7-9(2)5-6-11(10)14(16)17/h5-7,13,15H,4,8H2,1-3H3. The van der Waals surface area contributed by atoms with Crippen LogP contribution in [0.3, 0.4) is 0 Å². The van der Waals surface area contributed by atoms with Crippen molar-refractivity contribution in [2.24, 2.45) is 0 Å². The van der Waals surface area contributed by atoms with E-state index in [9.17, 15) is 15.2 Å². The molecule has 1 aromatic rings. The maximum atomic E-state index is 10.9. The van der Waals surface area contributed by atoms with Crippen LogP contribution in [0, 0.1) is 17.0 Å². The molecule has 5 nitrogen and oxygen atoms in total. The molecule has 0 aliphatic carbocycles. The molecular formula is C12H18N2O3. The van der Waals surface area contributed by atoms with Crippen molar-refractivity contribution >= 4 is 11.4 Å². The number of benzene rings is 1. The van der Waals surface area contributed by atoms with Crippen molar-refractivity contribution in [1.29, 1.82) is 0 Å². The van der Waals surface area contributed by atoms with Gasteiger partial charge in [0, 0.05) is 6.07 Å². The third kappa shape index (κ3) is 3.17. The summed E-state index contributed by atoms with van der Waals surface area (Å²) >= 11 is 0. The van der Waals surface area contributed by atoms with Crippen molar-refractivity contribution in [3.05, 3.63) is 33.9 Å². The highest BCUT2D eigenvalue weighted by molar-refractivity contribution is 5.63. The second-order valence-electron chi connectivity index (χ2n) is 4.48. The minimum Gasteiger partial charge on any atom is -0.394 e. The number of nitro benzene ring substituents is 1. The first-order valence-corrected chi connectivity index (χ1v) is 5.56. The van der Waals surface area contributed by atoms with Gasteiger partial charge in [0.2, 0.25) is 0 Å². The molecule has 94 valence electrons. The van der Waals surface area contributed by atoms with E-state index in [0.717, 1.165) is 5.56 Å². The molecule has 0 aromatic heterocycles. The van der Waals surface area contributed by atoms with Crippen molar-refractivity contribution in [2.45, 2.75) is 32.7 Å². The summed E-state index contributed by atoms with van der Waals surface area (Å²) in [5.74, 6) is 0. The molecule has 0 aliphatic heterocycles. The van der Waals surface area contributed by atoms with Crippen molar-refractivity contribution in [3.63, 3.8) is 0 Å². The number of nitro groups is 1. The molecule has 0 amide bonds. The molecule has 0 aliphatic rings. The van der Waals surface area contributed by atoms with Crippen molar-refractivity contribution in [3.8, 4) is 0 Å². The van der Waals surface area contributed by atoms with Crippen LogP contribution >= 0.6 is 0 Å². The molecule has 1 atom stereocenters. The fourth-order valence-electron chi connectivity index (χ4n) is 1.47. The van der Waals surface area contributed by atoms with Gasteiger partial charge < -0.3 is 10.4 Å². The minimum absolute atomic E-state index is 0.0312. The Morgan fingerprint density at radius 1 is 1.53 bits per heavy atom. The summed E-state index contributed by atoms with van der Waals surface area (Å²) in [7, 11) is 0. The van der Waals surface area contributed by atoms with E-state index in [0.29, 0.717) is 12.1 Å². The third-order valence-corrected chi connectivity index (χ3v) is 2.91. The van der Waals surface area contributed by atoms with Crippen LogP contribution in [0.25, 0.3) is 0 Å². The minimum atomic E-state index is -0.543. The van der Waals surface area contributed by atoms with Gasteiger partial charge in [-0.05, 0) is 31.9 Å². The number of anilines is 1. The number of hydrogen-bond donors (Lipinski definition) is 2. The fraction of sp³-hybridized carbons (Fsp3) is 0.500. The van der Waals surface area contributed by atoms with Crippen LogP contribution in [0.5, 0.6) is 0 Å². The number of aliphatic hydroxyl groups excluding tert-OH is 1. The fourth-order valence-corrected chi connectivity index (χ4v) is 1.47. The van der Waals surface area contributed by atoms with Crippen molar-refractivity contribution < 1.29 is 10.0 Å². The molecule has 0 saturated heterocycles. The largest absolute Gasteiger partial charge is 0.394 e. The van der Waals surface area contributed by atoms with Gasteiger partial charge in [0.25, 0.3) is 5.69 Å². The Hall–Kier alpha value is -1.62. The van der Waals surface area contributed by atoms with Crippen LogP contribution in [0.1, 0.15) is 25.8 Å². The van der Waals surface area contributed by atoms with E-state index < -0.39 is 10.5 Å². The third-order valence-electron chi connectivity index (χ3n) is 2.91. The molecule has 5 heteroatoms. The Kier molecular flexibility index (Phi) is 4.07. The Labute approximate surface area is 101 Å². The summed E-state index contributed by atoms with van der Waals surface area (Å²) in [6.45, 7) is 5.55. The van der Waals surface area contributed by atoms with Gasteiger partial charge in [-0.2, -0.15) is 0 Å². The summed E-state index contributed by atoms with van der Waals surface area (Å²) in [4.78, 5) is 10.5. The van der Waals surface area contributed by atoms with Crippen LogP contribution in [0.2, 0.25) is 0 Å². The van der Waals surface area contributed by atoms with E-state index in [1.165, 1.54) is 6.07 Å². The normalized spacial score (nSPS) is 14.1. The number of aliphatic hydroxyl groups is 1. The molecule has 2 N–H and O–H groups in total. The molecule has 1 unspecified atom stereocenters. The van der Waals surface area contributed by atoms with Gasteiger partial charge in [-0.15, -0.1) is 0 Å². The molecule has 1 aromatic carbocycles. The molecule has 1 rings (SSSR count). The predicted octanol–water partition coefficient (Wildman–Crippen LogP) is 2.48. The molecule has 0 spiro atoms. The highest BCUT2D eigenvalue weighted by Crippen LogP contribution is 2.28. The average molecular weight is 238 g/mol. The molecule has 17 heavy (non-hydrogen) atoms. The van der Waals surface area contributed by atoms with Gasteiger partial charge in [0.1, 0.15) is 5.69 Å². The lowest BCUT2D eigenvalue weighted by Gasteiger charge is -2.28. The highest BCUT2D eigenvalue weighted by atomic mass is 16.6. The Balaban J connectivity index is 3.12. The van der Waals surface area contributed by atoms with Crippen LogP contribution in [-0.2, 0) is 0 Å². The second kappa shape index (κ2) is 5.14. The number of nitrogens with zero attached hydrogens (tertiary/aromatic N) is 1. The van der Waals surface area contributed by atoms with E-state index in [1.54, 1.807) is 12.1 Å². The lowest BCUT2D eigenvalue weighted by atomic mass is 9.99. The molecule has 0 saturated carbocycles. The summed E-state index contributed by atoms with van der Waals surface area (Å²) in [6.07, 6.45) is 0.675. The van der Waals surface area contributed by atoms with Gasteiger partial charge >= 0.3 is 0 Å². The predicted molar refractivity (Wildman–Crippen MR) is 67.2 cm³/mol. The number of nitrogens with one attached hydrogen (secondary N) is 1. The van der Waals surface area contributed by atoms with Gasteiger partial charge in [-0.1, -0.05) is 13.0 Å². The van der Waals surface area contributed by atoms with Crippen molar-refractivity contribution in [1.82, 2.24) is 0 Å². The van der Waals surface area contributed by atoms with E-state index >= 15 is 0 Å². The monoisotopic (exact) mass is 238 g/mol. The Bertz CT molecular complexity index is 414. The van der Waals surface area contributed by atoms with Gasteiger partial charge in [-0.25, -0.2) is 0 Å². The topological polar surface area (TPSA) is 75.4 Å². The van der Waals surface area contributed by atoms with Crippen LogP contribution < -0.4 is 5.32 Å². The molecule has 0 heterocycles. The summed E-state index contributed by atoms with van der Waals surface area (Å²) in [6, 6.07) is 4.90. The maximum Gasteiger partial charge on any atom is 0.292 e. The number of hydrogen-bond acceptors (Lipinski definition) is 4. The summed E-state index contributed by atoms with van der Waals surface area (Å²) in [5.41, 5.74) is 0.880. The quantitative estimate of drug-likeness (QED) is 0.610. The van der Waals surface area contributed by atoms with Crippen LogP contribution in [-0.4, -0.2) is 22.2 Å². The van der Waals surface area contributed by atoms with E-state index in [-0.39, 0.29) is 12.3 Å². The van der Waals surface area contributed by atoms with Gasteiger partial charge in [0.05, 0.1) is 17.1 Å². The maximum absolute atomic E-state index is 10.9. The lowest BCUT2D eigenvalue weighted by molar-refractivity contribution is -0.384. The zero-order chi connectivity index (χ0) is 13.1. The van der Waals surface area contributed by atoms with Gasteiger partial charge in [-0.3, -0.25) is 10.1 Å². The lowest BCUT2D eigenvalue weighted by Crippen LogP contribution is -2.38. The molecule has 0 bridgehead atoms. The molecule has 0 fully saturated rings. The summed E-state index contributed by atoms with van der Waals surface area (Å²) in [5, 5.41) is 23.3. The second-order valence-corrected chi connectivity index (χ2v) is 4.48. The van der Waals surface area contributed by atoms with Gasteiger partial charge in [0.15, 0.2) is 0 Å². The first-order chi connectivity index (χ1) is 7.91. The van der Waals surface area contributed by atoms with Crippen LogP contribution in [0.4, 0.5) is 11.4 Å². The van der Waals surface area contributed by atoms with E-state index in [2.05, 4.69) is 5.32 Å². The average Bonchev–Trinajstić information content (AvgIpc) is 2.28. The molecular weight excluding hydrogens is 220 g/mol. The SMILES string of the molecule is CCC(C)(CO)Nc1cc(C)ccc1[N+](=O)[O-]. The number of rotatable bonds is 5. The van der Waals surface area contributed by atoms with E-state index in [4.69, 9.17) is 0 Å². The zero-order valence-corrected chi connectivity index (χ0v) is 10.4. The van der Waals surface area contributed by atoms with E-state index in [1.807, 2.05) is 20.8 Å². The highest BCUT2D eigenvalue weighted by Gasteiger charge is 2.24. The first kappa shape index (κ1) is 13.4. The van der Waals surface area contributed by atoms with Crippen LogP contribution in [0.15, 0.2) is 18.2 Å².